The third-order valence-corrected chi connectivity index (χ3v) is 4.12. The number of carbonyl (C=O) groups excluding carboxylic acids is 1. The van der Waals surface area contributed by atoms with E-state index in [2.05, 4.69) is 11.0 Å². The molecule has 2 heterocycles. The lowest BCUT2D eigenvalue weighted by Gasteiger charge is -2.35. The summed E-state index contributed by atoms with van der Waals surface area (Å²) in [5.41, 5.74) is 1.69. The highest BCUT2D eigenvalue weighted by Crippen LogP contribution is 2.20. The summed E-state index contributed by atoms with van der Waals surface area (Å²) in [7, 11) is 0. The maximum Gasteiger partial charge on any atom is 0.253 e. The molecular formula is C16H19N3O2. The van der Waals surface area contributed by atoms with Crippen molar-refractivity contribution in [2.75, 3.05) is 37.7 Å². The van der Waals surface area contributed by atoms with Gasteiger partial charge in [0.1, 0.15) is 0 Å². The predicted octanol–water partition coefficient (Wildman–Crippen LogP) is 1.39. The summed E-state index contributed by atoms with van der Waals surface area (Å²) in [4.78, 5) is 16.5. The van der Waals surface area contributed by atoms with Crippen molar-refractivity contribution in [2.45, 2.75) is 18.9 Å². The molecule has 0 saturated carbocycles. The lowest BCUT2D eigenvalue weighted by molar-refractivity contribution is -0.143. The summed E-state index contributed by atoms with van der Waals surface area (Å²) in [6.07, 6.45) is 1.82. The number of hydrogen-bond acceptors (Lipinski definition) is 4. The number of carbonyl (C=O) groups is 1. The zero-order valence-electron chi connectivity index (χ0n) is 12.0. The van der Waals surface area contributed by atoms with Gasteiger partial charge in [-0.1, -0.05) is 0 Å². The molecule has 5 nitrogen and oxygen atoms in total. The number of rotatable bonds is 2. The average molecular weight is 285 g/mol. The van der Waals surface area contributed by atoms with Crippen molar-refractivity contribution in [3.63, 3.8) is 0 Å². The molecule has 0 bridgehead atoms. The Labute approximate surface area is 124 Å². The first-order chi connectivity index (χ1) is 10.3. The Morgan fingerprint density at radius 2 is 1.90 bits per heavy atom. The van der Waals surface area contributed by atoms with Crippen LogP contribution in [0, 0.1) is 11.3 Å². The van der Waals surface area contributed by atoms with Crippen LogP contribution in [0.5, 0.6) is 0 Å². The topological polar surface area (TPSA) is 56.6 Å². The van der Waals surface area contributed by atoms with E-state index in [1.165, 1.54) is 0 Å². The molecule has 0 aromatic heterocycles. The molecule has 0 aliphatic carbocycles. The number of amides is 1. The molecule has 2 fully saturated rings. The summed E-state index contributed by atoms with van der Waals surface area (Å²) in [6, 6.07) is 9.60. The standard InChI is InChI=1S/C16H19N3O2/c17-11-13-3-5-14(6-4-13)19-9-10-21-15(12-19)16(20)18-7-1-2-8-18/h3-6,15H,1-2,7-10,12H2. The van der Waals surface area contributed by atoms with Crippen molar-refractivity contribution in [1.82, 2.24) is 4.90 Å². The second kappa shape index (κ2) is 6.15. The van der Waals surface area contributed by atoms with Crippen LogP contribution in [0.2, 0.25) is 0 Å². The Morgan fingerprint density at radius 3 is 2.57 bits per heavy atom. The van der Waals surface area contributed by atoms with Crippen LogP contribution in [0.4, 0.5) is 5.69 Å². The Hall–Kier alpha value is -2.06. The van der Waals surface area contributed by atoms with Crippen LogP contribution in [-0.4, -0.2) is 49.7 Å². The zero-order chi connectivity index (χ0) is 14.7. The van der Waals surface area contributed by atoms with Gasteiger partial charge in [0.25, 0.3) is 5.91 Å². The minimum absolute atomic E-state index is 0.117. The van der Waals surface area contributed by atoms with Crippen molar-refractivity contribution < 1.29 is 9.53 Å². The third-order valence-electron chi connectivity index (χ3n) is 4.12. The molecule has 1 amide bonds. The van der Waals surface area contributed by atoms with Crippen molar-refractivity contribution in [1.29, 1.82) is 5.26 Å². The summed E-state index contributed by atoms with van der Waals surface area (Å²) >= 11 is 0. The van der Waals surface area contributed by atoms with Crippen LogP contribution in [0.15, 0.2) is 24.3 Å². The maximum absolute atomic E-state index is 12.4. The fourth-order valence-electron chi connectivity index (χ4n) is 2.92. The Kier molecular flexibility index (Phi) is 4.07. The van der Waals surface area contributed by atoms with Crippen LogP contribution in [0.25, 0.3) is 0 Å². The molecule has 1 unspecified atom stereocenters. The van der Waals surface area contributed by atoms with E-state index in [0.29, 0.717) is 18.7 Å². The summed E-state index contributed by atoms with van der Waals surface area (Å²) in [5.74, 6) is 0.117. The third kappa shape index (κ3) is 3.01. The fourth-order valence-corrected chi connectivity index (χ4v) is 2.92. The average Bonchev–Trinajstić information content (AvgIpc) is 3.09. The second-order valence-corrected chi connectivity index (χ2v) is 5.50. The van der Waals surface area contributed by atoms with Crippen molar-refractivity contribution >= 4 is 11.6 Å². The molecule has 0 N–H and O–H groups in total. The highest BCUT2D eigenvalue weighted by Gasteiger charge is 2.31. The van der Waals surface area contributed by atoms with Gasteiger partial charge in [-0.15, -0.1) is 0 Å². The first-order valence-electron chi connectivity index (χ1n) is 7.43. The number of morpholine rings is 1. The van der Waals surface area contributed by atoms with Gasteiger partial charge in [0.05, 0.1) is 24.8 Å². The predicted molar refractivity (Wildman–Crippen MR) is 78.9 cm³/mol. The van der Waals surface area contributed by atoms with Gasteiger partial charge in [0, 0.05) is 25.3 Å². The highest BCUT2D eigenvalue weighted by molar-refractivity contribution is 5.82. The molecule has 0 radical (unpaired) electrons. The van der Waals surface area contributed by atoms with Gasteiger partial charge >= 0.3 is 0 Å². The van der Waals surface area contributed by atoms with E-state index in [9.17, 15) is 4.79 Å². The minimum Gasteiger partial charge on any atom is -0.366 e. The van der Waals surface area contributed by atoms with Crippen LogP contribution < -0.4 is 4.90 Å². The Bertz CT molecular complexity index is 544. The molecule has 5 heteroatoms. The number of nitrogens with zero attached hydrogens (tertiary/aromatic N) is 3. The smallest absolute Gasteiger partial charge is 0.253 e. The number of benzene rings is 1. The highest BCUT2D eigenvalue weighted by atomic mass is 16.5. The van der Waals surface area contributed by atoms with E-state index < -0.39 is 0 Å². The van der Waals surface area contributed by atoms with Gasteiger partial charge in [-0.2, -0.15) is 5.26 Å². The van der Waals surface area contributed by atoms with Crippen LogP contribution >= 0.6 is 0 Å². The second-order valence-electron chi connectivity index (χ2n) is 5.50. The Balaban J connectivity index is 1.67. The normalized spacial score (nSPS) is 22.1. The molecule has 0 spiro atoms. The monoisotopic (exact) mass is 285 g/mol. The molecule has 1 aromatic carbocycles. The first-order valence-corrected chi connectivity index (χ1v) is 7.43. The molecule has 1 atom stereocenters. The number of hydrogen-bond donors (Lipinski definition) is 0. The van der Waals surface area contributed by atoms with Crippen LogP contribution in [0.1, 0.15) is 18.4 Å². The zero-order valence-corrected chi connectivity index (χ0v) is 12.0. The molecule has 2 aliphatic rings. The van der Waals surface area contributed by atoms with Gasteiger partial charge in [-0.25, -0.2) is 0 Å². The molecule has 2 saturated heterocycles. The molecule has 1 aromatic rings. The Morgan fingerprint density at radius 1 is 1.19 bits per heavy atom. The van der Waals surface area contributed by atoms with Crippen molar-refractivity contribution in [2.24, 2.45) is 0 Å². The van der Waals surface area contributed by atoms with E-state index >= 15 is 0 Å². The molecular weight excluding hydrogens is 266 g/mol. The van der Waals surface area contributed by atoms with E-state index in [1.807, 2.05) is 29.2 Å². The molecule has 21 heavy (non-hydrogen) atoms. The summed E-state index contributed by atoms with van der Waals surface area (Å²) in [6.45, 7) is 3.63. The summed E-state index contributed by atoms with van der Waals surface area (Å²) < 4.78 is 5.66. The van der Waals surface area contributed by atoms with Crippen molar-refractivity contribution in [3.05, 3.63) is 29.8 Å². The maximum atomic E-state index is 12.4. The van der Waals surface area contributed by atoms with Crippen molar-refractivity contribution in [3.8, 4) is 6.07 Å². The van der Waals surface area contributed by atoms with Gasteiger partial charge in [0.2, 0.25) is 0 Å². The summed E-state index contributed by atoms with van der Waals surface area (Å²) in [5, 5.41) is 8.84. The lowest BCUT2D eigenvalue weighted by Crippen LogP contribution is -2.50. The first kappa shape index (κ1) is 13.9. The molecule has 3 rings (SSSR count). The van der Waals surface area contributed by atoms with Crippen LogP contribution in [0.3, 0.4) is 0 Å². The molecule has 110 valence electrons. The minimum atomic E-state index is -0.368. The number of nitriles is 1. The van der Waals surface area contributed by atoms with Crippen LogP contribution in [-0.2, 0) is 9.53 Å². The number of ether oxygens (including phenoxy) is 1. The molecule has 2 aliphatic heterocycles. The van der Waals surface area contributed by atoms with E-state index in [0.717, 1.165) is 38.2 Å². The number of likely N-dealkylation sites (tertiary alicyclic amines) is 1. The van der Waals surface area contributed by atoms with E-state index in [4.69, 9.17) is 10.00 Å². The van der Waals surface area contributed by atoms with Gasteiger partial charge in [-0.3, -0.25) is 4.79 Å². The number of anilines is 1. The van der Waals surface area contributed by atoms with Gasteiger partial charge in [0.15, 0.2) is 6.10 Å². The lowest BCUT2D eigenvalue weighted by atomic mass is 10.1. The van der Waals surface area contributed by atoms with E-state index in [-0.39, 0.29) is 12.0 Å². The SMILES string of the molecule is N#Cc1ccc(N2CCOC(C(=O)N3CCCC3)C2)cc1. The van der Waals surface area contributed by atoms with E-state index in [1.54, 1.807) is 0 Å². The van der Waals surface area contributed by atoms with Gasteiger partial charge < -0.3 is 14.5 Å². The largest absolute Gasteiger partial charge is 0.366 e. The quantitative estimate of drug-likeness (QED) is 0.824. The van der Waals surface area contributed by atoms with Gasteiger partial charge in [-0.05, 0) is 37.1 Å². The fraction of sp³-hybridized carbons (Fsp3) is 0.500.